The summed E-state index contributed by atoms with van der Waals surface area (Å²) in [6.45, 7) is 8.00. The van der Waals surface area contributed by atoms with E-state index in [1.165, 1.54) is 17.6 Å². The summed E-state index contributed by atoms with van der Waals surface area (Å²) in [6.07, 6.45) is 1.43. The lowest BCUT2D eigenvalue weighted by Gasteiger charge is -2.14. The molecule has 0 saturated heterocycles. The highest BCUT2D eigenvalue weighted by molar-refractivity contribution is 7.18. The number of amides is 2. The van der Waals surface area contributed by atoms with Crippen LogP contribution in [0.2, 0.25) is 0 Å². The Balaban J connectivity index is 1.71. The number of furan rings is 1. The van der Waals surface area contributed by atoms with Crippen molar-refractivity contribution in [2.24, 2.45) is 0 Å². The molecule has 0 unspecified atom stereocenters. The fraction of sp³-hybridized carbons (Fsp3) is 0.278. The van der Waals surface area contributed by atoms with Crippen LogP contribution in [0, 0.1) is 6.92 Å². The standard InChI is InChI=1S/C18H20N4O3S/c1-10-8-14(20-16(23)11-6-5-7-25-11)26-15(10)17(24)19-13-9-12(21-22-13)18(2,3)4/h5-9H,1-4H3,(H,20,23)(H2,19,21,22,24). The molecular formula is C18H20N4O3S. The van der Waals surface area contributed by atoms with Crippen molar-refractivity contribution in [3.63, 3.8) is 0 Å². The molecule has 0 aromatic carbocycles. The van der Waals surface area contributed by atoms with Gasteiger partial charge >= 0.3 is 0 Å². The summed E-state index contributed by atoms with van der Waals surface area (Å²) in [7, 11) is 0. The third-order valence-electron chi connectivity index (χ3n) is 3.73. The van der Waals surface area contributed by atoms with E-state index in [1.54, 1.807) is 18.2 Å². The second kappa shape index (κ2) is 6.80. The molecule has 3 aromatic heterocycles. The van der Waals surface area contributed by atoms with Gasteiger partial charge in [0.25, 0.3) is 11.8 Å². The summed E-state index contributed by atoms with van der Waals surface area (Å²) in [5.74, 6) is 0.0606. The van der Waals surface area contributed by atoms with Gasteiger partial charge in [-0.2, -0.15) is 5.10 Å². The smallest absolute Gasteiger partial charge is 0.291 e. The van der Waals surface area contributed by atoms with Gasteiger partial charge in [0.1, 0.15) is 0 Å². The molecule has 0 aliphatic carbocycles. The van der Waals surface area contributed by atoms with E-state index in [-0.39, 0.29) is 23.0 Å². The highest BCUT2D eigenvalue weighted by atomic mass is 32.1. The Morgan fingerprint density at radius 2 is 1.96 bits per heavy atom. The highest BCUT2D eigenvalue weighted by Crippen LogP contribution is 2.28. The molecule has 3 rings (SSSR count). The van der Waals surface area contributed by atoms with E-state index < -0.39 is 0 Å². The molecule has 0 aliphatic heterocycles. The number of carbonyl (C=O) groups excluding carboxylic acids is 2. The summed E-state index contributed by atoms with van der Waals surface area (Å²) >= 11 is 1.20. The van der Waals surface area contributed by atoms with E-state index in [4.69, 9.17) is 4.42 Å². The van der Waals surface area contributed by atoms with Crippen LogP contribution >= 0.6 is 11.3 Å². The van der Waals surface area contributed by atoms with E-state index in [0.717, 1.165) is 11.3 Å². The maximum atomic E-state index is 12.5. The van der Waals surface area contributed by atoms with Crippen molar-refractivity contribution in [1.29, 1.82) is 0 Å². The molecule has 0 atom stereocenters. The number of aryl methyl sites for hydroxylation is 1. The van der Waals surface area contributed by atoms with E-state index in [9.17, 15) is 9.59 Å². The first kappa shape index (κ1) is 17.9. The molecule has 26 heavy (non-hydrogen) atoms. The topological polar surface area (TPSA) is 100 Å². The van der Waals surface area contributed by atoms with E-state index >= 15 is 0 Å². The maximum absolute atomic E-state index is 12.5. The maximum Gasteiger partial charge on any atom is 0.291 e. The first-order chi connectivity index (χ1) is 12.2. The third-order valence-corrected chi connectivity index (χ3v) is 4.88. The number of aromatic nitrogens is 2. The minimum Gasteiger partial charge on any atom is -0.459 e. The fourth-order valence-corrected chi connectivity index (χ4v) is 3.26. The second-order valence-electron chi connectivity index (χ2n) is 6.93. The Hall–Kier alpha value is -2.87. The van der Waals surface area contributed by atoms with Crippen molar-refractivity contribution in [2.75, 3.05) is 10.6 Å². The lowest BCUT2D eigenvalue weighted by molar-refractivity contribution is 0.0995. The van der Waals surface area contributed by atoms with Gasteiger partial charge in [0.2, 0.25) is 0 Å². The normalized spacial score (nSPS) is 11.4. The Kier molecular flexibility index (Phi) is 4.69. The molecule has 0 radical (unpaired) electrons. The number of nitrogens with zero attached hydrogens (tertiary/aromatic N) is 1. The van der Waals surface area contributed by atoms with Gasteiger partial charge in [-0.15, -0.1) is 11.3 Å². The van der Waals surface area contributed by atoms with Crippen LogP contribution in [0.5, 0.6) is 0 Å². The third kappa shape index (κ3) is 3.85. The van der Waals surface area contributed by atoms with Gasteiger partial charge in [-0.1, -0.05) is 20.8 Å². The highest BCUT2D eigenvalue weighted by Gasteiger charge is 2.20. The van der Waals surface area contributed by atoms with Crippen molar-refractivity contribution in [2.45, 2.75) is 33.1 Å². The summed E-state index contributed by atoms with van der Waals surface area (Å²) in [4.78, 5) is 25.1. The predicted molar refractivity (Wildman–Crippen MR) is 101 cm³/mol. The van der Waals surface area contributed by atoms with Crippen molar-refractivity contribution in [3.05, 3.63) is 52.4 Å². The number of nitrogens with one attached hydrogen (secondary N) is 3. The fourth-order valence-electron chi connectivity index (χ4n) is 2.29. The van der Waals surface area contributed by atoms with Crippen LogP contribution in [0.4, 0.5) is 10.8 Å². The van der Waals surface area contributed by atoms with Gasteiger partial charge in [-0.05, 0) is 30.7 Å². The summed E-state index contributed by atoms with van der Waals surface area (Å²) in [5, 5.41) is 13.2. The first-order valence-corrected chi connectivity index (χ1v) is 8.88. The lowest BCUT2D eigenvalue weighted by Crippen LogP contribution is -2.12. The van der Waals surface area contributed by atoms with Gasteiger partial charge in [-0.25, -0.2) is 0 Å². The SMILES string of the molecule is Cc1cc(NC(=O)c2ccco2)sc1C(=O)Nc1cc(C(C)(C)C)[nH]n1. The van der Waals surface area contributed by atoms with E-state index in [0.29, 0.717) is 15.7 Å². The number of rotatable bonds is 4. The van der Waals surface area contributed by atoms with Crippen LogP contribution in [0.1, 0.15) is 52.3 Å². The number of anilines is 2. The van der Waals surface area contributed by atoms with Gasteiger partial charge in [0.15, 0.2) is 11.6 Å². The average Bonchev–Trinajstić information content (AvgIpc) is 3.26. The molecule has 3 heterocycles. The van der Waals surface area contributed by atoms with E-state index in [1.807, 2.05) is 13.0 Å². The van der Waals surface area contributed by atoms with Gasteiger partial charge in [-0.3, -0.25) is 14.7 Å². The van der Waals surface area contributed by atoms with Gasteiger partial charge in [0, 0.05) is 17.2 Å². The van der Waals surface area contributed by atoms with Crippen LogP contribution in [0.15, 0.2) is 34.9 Å². The van der Waals surface area contributed by atoms with Crippen molar-refractivity contribution < 1.29 is 14.0 Å². The monoisotopic (exact) mass is 372 g/mol. The minimum atomic E-state index is -0.356. The number of hydrogen-bond acceptors (Lipinski definition) is 5. The van der Waals surface area contributed by atoms with Crippen LogP contribution in [-0.4, -0.2) is 22.0 Å². The average molecular weight is 372 g/mol. The second-order valence-corrected chi connectivity index (χ2v) is 7.98. The summed E-state index contributed by atoms with van der Waals surface area (Å²) in [6, 6.07) is 6.79. The number of thiophene rings is 1. The van der Waals surface area contributed by atoms with Crippen LogP contribution < -0.4 is 10.6 Å². The Morgan fingerprint density at radius 3 is 2.58 bits per heavy atom. The zero-order chi connectivity index (χ0) is 18.9. The molecule has 0 bridgehead atoms. The molecule has 0 aliphatic rings. The number of hydrogen-bond donors (Lipinski definition) is 3. The Bertz CT molecular complexity index is 932. The molecule has 0 spiro atoms. The Morgan fingerprint density at radius 1 is 1.19 bits per heavy atom. The lowest BCUT2D eigenvalue weighted by atomic mass is 9.92. The van der Waals surface area contributed by atoms with Gasteiger partial charge in [0.05, 0.1) is 16.1 Å². The zero-order valence-electron chi connectivity index (χ0n) is 15.0. The largest absolute Gasteiger partial charge is 0.459 e. The quantitative estimate of drug-likeness (QED) is 0.640. The molecule has 7 nitrogen and oxygen atoms in total. The van der Waals surface area contributed by atoms with Crippen LogP contribution in [0.3, 0.4) is 0 Å². The van der Waals surface area contributed by atoms with Crippen molar-refractivity contribution in [1.82, 2.24) is 10.2 Å². The molecule has 3 aromatic rings. The summed E-state index contributed by atoms with van der Waals surface area (Å²) < 4.78 is 5.06. The molecule has 3 N–H and O–H groups in total. The summed E-state index contributed by atoms with van der Waals surface area (Å²) in [5.41, 5.74) is 1.62. The van der Waals surface area contributed by atoms with Crippen LogP contribution in [0.25, 0.3) is 0 Å². The van der Waals surface area contributed by atoms with E-state index in [2.05, 4.69) is 41.6 Å². The molecule has 0 saturated carbocycles. The predicted octanol–water partition coefficient (Wildman–Crippen LogP) is 4.17. The Labute approximate surface area is 154 Å². The number of carbonyl (C=O) groups is 2. The van der Waals surface area contributed by atoms with Crippen molar-refractivity contribution in [3.8, 4) is 0 Å². The molecule has 8 heteroatoms. The minimum absolute atomic E-state index is 0.0852. The van der Waals surface area contributed by atoms with Crippen LogP contribution in [-0.2, 0) is 5.41 Å². The molecule has 136 valence electrons. The zero-order valence-corrected chi connectivity index (χ0v) is 15.8. The van der Waals surface area contributed by atoms with Gasteiger partial charge < -0.3 is 15.1 Å². The molecule has 0 fully saturated rings. The molecule has 2 amide bonds. The number of H-pyrrole nitrogens is 1. The first-order valence-electron chi connectivity index (χ1n) is 8.06. The molecular weight excluding hydrogens is 352 g/mol. The van der Waals surface area contributed by atoms with Crippen molar-refractivity contribution >= 4 is 34.0 Å². The number of aromatic amines is 1.